The summed E-state index contributed by atoms with van der Waals surface area (Å²) in [6.45, 7) is 6.56. The topological polar surface area (TPSA) is 111 Å². The Labute approximate surface area is 176 Å². The summed E-state index contributed by atoms with van der Waals surface area (Å²) in [7, 11) is -2.22. The number of anilines is 1. The second-order valence-electron chi connectivity index (χ2n) is 7.71. The molecular weight excluding hydrogens is 408 g/mol. The fraction of sp³-hybridized carbons (Fsp3) is 0.333. The SMILES string of the molecule is COc1ccc(C)cc1NC(=O)COC(=O)c1ccc(S(=O)(=O)NC(C)(C)C)cc1. The van der Waals surface area contributed by atoms with Gasteiger partial charge in [-0.2, -0.15) is 0 Å². The van der Waals surface area contributed by atoms with Gasteiger partial charge in [0.05, 0.1) is 23.3 Å². The lowest BCUT2D eigenvalue weighted by Crippen LogP contribution is -2.40. The van der Waals surface area contributed by atoms with E-state index in [9.17, 15) is 18.0 Å². The first-order chi connectivity index (χ1) is 13.9. The molecule has 9 heteroatoms. The van der Waals surface area contributed by atoms with Crippen LogP contribution in [0.3, 0.4) is 0 Å². The molecule has 0 bridgehead atoms. The Hall–Kier alpha value is -2.91. The number of ether oxygens (including phenoxy) is 2. The van der Waals surface area contributed by atoms with Crippen molar-refractivity contribution in [2.45, 2.75) is 38.1 Å². The van der Waals surface area contributed by atoms with Crippen LogP contribution in [0.2, 0.25) is 0 Å². The predicted octanol–water partition coefficient (Wildman–Crippen LogP) is 2.88. The van der Waals surface area contributed by atoms with E-state index in [1.165, 1.54) is 31.4 Å². The number of aryl methyl sites for hydroxylation is 1. The molecule has 1 amide bonds. The largest absolute Gasteiger partial charge is 0.495 e. The van der Waals surface area contributed by atoms with Gasteiger partial charge in [0.25, 0.3) is 5.91 Å². The molecule has 162 valence electrons. The van der Waals surface area contributed by atoms with Crippen molar-refractivity contribution in [1.82, 2.24) is 4.72 Å². The minimum Gasteiger partial charge on any atom is -0.495 e. The van der Waals surface area contributed by atoms with Gasteiger partial charge in [-0.15, -0.1) is 0 Å². The first-order valence-electron chi connectivity index (χ1n) is 9.17. The maximum absolute atomic E-state index is 12.3. The van der Waals surface area contributed by atoms with E-state index in [-0.39, 0.29) is 10.5 Å². The molecule has 0 saturated heterocycles. The highest BCUT2D eigenvalue weighted by molar-refractivity contribution is 7.89. The Kier molecular flexibility index (Phi) is 7.22. The summed E-state index contributed by atoms with van der Waals surface area (Å²) in [6, 6.07) is 10.6. The number of rotatable bonds is 7. The average Bonchev–Trinajstić information content (AvgIpc) is 2.64. The molecule has 8 nitrogen and oxygen atoms in total. The van der Waals surface area contributed by atoms with Crippen molar-refractivity contribution in [2.75, 3.05) is 19.0 Å². The summed E-state index contributed by atoms with van der Waals surface area (Å²) in [6.07, 6.45) is 0. The molecule has 0 aliphatic rings. The van der Waals surface area contributed by atoms with Crippen LogP contribution in [0, 0.1) is 6.92 Å². The maximum atomic E-state index is 12.3. The third kappa shape index (κ3) is 6.57. The van der Waals surface area contributed by atoms with E-state index >= 15 is 0 Å². The van der Waals surface area contributed by atoms with Gasteiger partial charge in [0.1, 0.15) is 5.75 Å². The Bertz CT molecular complexity index is 1020. The summed E-state index contributed by atoms with van der Waals surface area (Å²) in [5, 5.41) is 2.63. The van der Waals surface area contributed by atoms with Crippen LogP contribution >= 0.6 is 0 Å². The minimum atomic E-state index is -3.71. The predicted molar refractivity (Wildman–Crippen MR) is 113 cm³/mol. The molecule has 0 fully saturated rings. The molecule has 30 heavy (non-hydrogen) atoms. The monoisotopic (exact) mass is 434 g/mol. The van der Waals surface area contributed by atoms with Gasteiger partial charge in [0.15, 0.2) is 6.61 Å². The van der Waals surface area contributed by atoms with E-state index in [2.05, 4.69) is 10.0 Å². The van der Waals surface area contributed by atoms with Crippen LogP contribution in [0.5, 0.6) is 5.75 Å². The minimum absolute atomic E-state index is 0.0262. The van der Waals surface area contributed by atoms with E-state index in [0.717, 1.165) is 5.56 Å². The van der Waals surface area contributed by atoms with Crippen molar-refractivity contribution < 1.29 is 27.5 Å². The Morgan fingerprint density at radius 2 is 1.67 bits per heavy atom. The van der Waals surface area contributed by atoms with Crippen LogP contribution in [-0.4, -0.2) is 39.5 Å². The number of carbonyl (C=O) groups excluding carboxylic acids is 2. The normalized spacial score (nSPS) is 11.6. The summed E-state index contributed by atoms with van der Waals surface area (Å²) < 4.78 is 37.3. The zero-order valence-corrected chi connectivity index (χ0v) is 18.4. The number of esters is 1. The second kappa shape index (κ2) is 9.27. The van der Waals surface area contributed by atoms with Gasteiger partial charge in [-0.25, -0.2) is 17.9 Å². The molecule has 2 aromatic rings. The van der Waals surface area contributed by atoms with Crippen LogP contribution in [0.25, 0.3) is 0 Å². The first kappa shape index (κ1) is 23.4. The number of hydrogen-bond donors (Lipinski definition) is 2. The van der Waals surface area contributed by atoms with Crippen LogP contribution in [0.4, 0.5) is 5.69 Å². The third-order valence-corrected chi connectivity index (χ3v) is 5.58. The fourth-order valence-corrected chi connectivity index (χ4v) is 3.97. The molecule has 0 spiro atoms. The van der Waals surface area contributed by atoms with Crippen LogP contribution in [-0.2, 0) is 19.6 Å². The highest BCUT2D eigenvalue weighted by Crippen LogP contribution is 2.25. The first-order valence-corrected chi connectivity index (χ1v) is 10.7. The summed E-state index contributed by atoms with van der Waals surface area (Å²) in [5.41, 5.74) is 0.897. The van der Waals surface area contributed by atoms with Gasteiger partial charge >= 0.3 is 5.97 Å². The van der Waals surface area contributed by atoms with E-state index in [1.807, 2.05) is 13.0 Å². The molecule has 2 rings (SSSR count). The molecule has 0 aliphatic carbocycles. The molecule has 0 aromatic heterocycles. The zero-order chi connectivity index (χ0) is 22.5. The number of benzene rings is 2. The number of nitrogens with one attached hydrogen (secondary N) is 2. The molecular formula is C21H26N2O6S. The molecule has 2 aromatic carbocycles. The second-order valence-corrected chi connectivity index (χ2v) is 9.39. The number of hydrogen-bond acceptors (Lipinski definition) is 6. The third-order valence-electron chi connectivity index (χ3n) is 3.80. The van der Waals surface area contributed by atoms with Gasteiger partial charge in [-0.1, -0.05) is 6.07 Å². The highest BCUT2D eigenvalue weighted by atomic mass is 32.2. The quantitative estimate of drug-likeness (QED) is 0.649. The summed E-state index contributed by atoms with van der Waals surface area (Å²) >= 11 is 0. The van der Waals surface area contributed by atoms with Gasteiger partial charge in [-0.05, 0) is 69.7 Å². The molecule has 0 saturated carbocycles. The fourth-order valence-electron chi connectivity index (χ4n) is 2.55. The summed E-state index contributed by atoms with van der Waals surface area (Å²) in [5.74, 6) is -0.782. The van der Waals surface area contributed by atoms with Gasteiger partial charge in [0, 0.05) is 5.54 Å². The standard InChI is InChI=1S/C21H26N2O6S/c1-14-6-11-18(28-5)17(12-14)22-19(24)13-29-20(25)15-7-9-16(10-8-15)30(26,27)23-21(2,3)4/h6-12,23H,13H2,1-5H3,(H,22,24). The number of sulfonamides is 1. The smallest absolute Gasteiger partial charge is 0.338 e. The highest BCUT2D eigenvalue weighted by Gasteiger charge is 2.22. The van der Waals surface area contributed by atoms with Crippen molar-refractivity contribution in [3.05, 3.63) is 53.6 Å². The van der Waals surface area contributed by atoms with Crippen LogP contribution in [0.1, 0.15) is 36.7 Å². The molecule has 0 radical (unpaired) electrons. The Balaban J connectivity index is 1.98. The molecule has 0 heterocycles. The van der Waals surface area contributed by atoms with Crippen LogP contribution in [0.15, 0.2) is 47.4 Å². The lowest BCUT2D eigenvalue weighted by Gasteiger charge is -2.20. The number of carbonyl (C=O) groups is 2. The van der Waals surface area contributed by atoms with Crippen molar-refractivity contribution in [3.8, 4) is 5.75 Å². The van der Waals surface area contributed by atoms with Gasteiger partial charge < -0.3 is 14.8 Å². The molecule has 0 aliphatic heterocycles. The average molecular weight is 435 g/mol. The van der Waals surface area contributed by atoms with Crippen molar-refractivity contribution in [1.29, 1.82) is 0 Å². The molecule has 0 unspecified atom stereocenters. The van der Waals surface area contributed by atoms with Crippen molar-refractivity contribution in [2.24, 2.45) is 0 Å². The Morgan fingerprint density at radius 1 is 1.03 bits per heavy atom. The lowest BCUT2D eigenvalue weighted by molar-refractivity contribution is -0.119. The van der Waals surface area contributed by atoms with E-state index < -0.39 is 34.0 Å². The Morgan fingerprint density at radius 3 is 2.23 bits per heavy atom. The molecule has 0 atom stereocenters. The van der Waals surface area contributed by atoms with Gasteiger partial charge in [0.2, 0.25) is 10.0 Å². The van der Waals surface area contributed by atoms with E-state index in [1.54, 1.807) is 32.9 Å². The molecule has 2 N–H and O–H groups in total. The number of methoxy groups -OCH3 is 1. The zero-order valence-electron chi connectivity index (χ0n) is 17.6. The van der Waals surface area contributed by atoms with E-state index in [4.69, 9.17) is 9.47 Å². The van der Waals surface area contributed by atoms with E-state index in [0.29, 0.717) is 11.4 Å². The van der Waals surface area contributed by atoms with Crippen molar-refractivity contribution >= 4 is 27.6 Å². The maximum Gasteiger partial charge on any atom is 0.338 e. The number of amides is 1. The van der Waals surface area contributed by atoms with Crippen LogP contribution < -0.4 is 14.8 Å². The van der Waals surface area contributed by atoms with Crippen molar-refractivity contribution in [3.63, 3.8) is 0 Å². The summed E-state index contributed by atoms with van der Waals surface area (Å²) in [4.78, 5) is 24.3. The van der Waals surface area contributed by atoms with Gasteiger partial charge in [-0.3, -0.25) is 4.79 Å². The lowest BCUT2D eigenvalue weighted by atomic mass is 10.1.